The lowest BCUT2D eigenvalue weighted by atomic mass is 10.1. The molecule has 9 heteroatoms. The monoisotopic (exact) mass is 306 g/mol. The summed E-state index contributed by atoms with van der Waals surface area (Å²) in [6.45, 7) is 0. The van der Waals surface area contributed by atoms with Crippen molar-refractivity contribution in [2.45, 2.75) is 6.18 Å². The number of benzene rings is 1. The van der Waals surface area contributed by atoms with E-state index in [1.54, 1.807) is 0 Å². The highest BCUT2D eigenvalue weighted by Gasteiger charge is 2.30. The summed E-state index contributed by atoms with van der Waals surface area (Å²) in [6.07, 6.45) is -0.335. The molecule has 0 radical (unpaired) electrons. The smallest absolute Gasteiger partial charge is 0.340 e. The molecule has 2 heterocycles. The van der Waals surface area contributed by atoms with E-state index in [-0.39, 0.29) is 0 Å². The summed E-state index contributed by atoms with van der Waals surface area (Å²) in [4.78, 5) is 14.7. The average Bonchev–Trinajstić information content (AvgIpc) is 2.96. The molecule has 1 aromatic carbocycles. The van der Waals surface area contributed by atoms with Crippen LogP contribution in [0, 0.1) is 0 Å². The van der Waals surface area contributed by atoms with Gasteiger partial charge < -0.3 is 4.98 Å². The number of alkyl halides is 3. The van der Waals surface area contributed by atoms with Gasteiger partial charge in [0.25, 0.3) is 0 Å². The van der Waals surface area contributed by atoms with Gasteiger partial charge in [-0.25, -0.2) is 15.0 Å². The Morgan fingerprint density at radius 3 is 2.86 bits per heavy atom. The number of aromatic amines is 1. The van der Waals surface area contributed by atoms with E-state index in [9.17, 15) is 13.2 Å². The van der Waals surface area contributed by atoms with Crippen molar-refractivity contribution < 1.29 is 13.2 Å². The zero-order valence-electron chi connectivity index (χ0n) is 11.0. The highest BCUT2D eigenvalue weighted by molar-refractivity contribution is 5.84. The Morgan fingerprint density at radius 2 is 2.05 bits per heavy atom. The van der Waals surface area contributed by atoms with E-state index >= 15 is 0 Å². The van der Waals surface area contributed by atoms with Gasteiger partial charge in [0.05, 0.1) is 18.1 Å². The van der Waals surface area contributed by atoms with Crippen LogP contribution in [-0.4, -0.2) is 26.2 Å². The Bertz CT molecular complexity index is 824. The van der Waals surface area contributed by atoms with E-state index < -0.39 is 11.7 Å². The molecule has 3 rings (SSSR count). The first-order valence-electron chi connectivity index (χ1n) is 6.14. The minimum Gasteiger partial charge on any atom is -0.340 e. The second-order valence-electron chi connectivity index (χ2n) is 4.32. The SMILES string of the molecule is FC(F)(F)c1cccc(C=NNc2ncnc3nc[nH]c23)c1. The highest BCUT2D eigenvalue weighted by atomic mass is 19.4. The molecule has 2 aromatic heterocycles. The van der Waals surface area contributed by atoms with Crippen molar-refractivity contribution in [3.8, 4) is 0 Å². The normalized spacial score (nSPS) is 12.1. The number of anilines is 1. The number of hydrogen-bond donors (Lipinski definition) is 2. The predicted molar refractivity (Wildman–Crippen MR) is 74.3 cm³/mol. The second kappa shape index (κ2) is 5.43. The topological polar surface area (TPSA) is 78.8 Å². The van der Waals surface area contributed by atoms with Crippen LogP contribution in [0.5, 0.6) is 0 Å². The summed E-state index contributed by atoms with van der Waals surface area (Å²) in [5.74, 6) is 0.380. The van der Waals surface area contributed by atoms with E-state index in [2.05, 4.69) is 30.5 Å². The number of nitrogens with zero attached hydrogens (tertiary/aromatic N) is 4. The fourth-order valence-electron chi connectivity index (χ4n) is 1.81. The number of halogens is 3. The molecule has 0 atom stereocenters. The van der Waals surface area contributed by atoms with E-state index in [0.29, 0.717) is 22.5 Å². The summed E-state index contributed by atoms with van der Waals surface area (Å²) in [5.41, 5.74) is 3.26. The van der Waals surface area contributed by atoms with Crippen molar-refractivity contribution in [1.82, 2.24) is 19.9 Å². The van der Waals surface area contributed by atoms with Gasteiger partial charge in [-0.05, 0) is 17.7 Å². The maximum absolute atomic E-state index is 12.6. The van der Waals surface area contributed by atoms with Crippen LogP contribution in [0.1, 0.15) is 11.1 Å². The number of H-pyrrole nitrogens is 1. The van der Waals surface area contributed by atoms with Crippen LogP contribution in [0.25, 0.3) is 11.2 Å². The fourth-order valence-corrected chi connectivity index (χ4v) is 1.81. The van der Waals surface area contributed by atoms with Crippen molar-refractivity contribution in [2.75, 3.05) is 5.43 Å². The Kier molecular flexibility index (Phi) is 3.45. The first kappa shape index (κ1) is 14.0. The summed E-state index contributed by atoms with van der Waals surface area (Å²) in [6, 6.07) is 4.86. The van der Waals surface area contributed by atoms with Gasteiger partial charge in [-0.1, -0.05) is 12.1 Å². The Morgan fingerprint density at radius 1 is 1.18 bits per heavy atom. The lowest BCUT2D eigenvalue weighted by molar-refractivity contribution is -0.137. The largest absolute Gasteiger partial charge is 0.416 e. The summed E-state index contributed by atoms with van der Waals surface area (Å²) in [5, 5.41) is 3.88. The Hall–Kier alpha value is -2.97. The van der Waals surface area contributed by atoms with Crippen molar-refractivity contribution >= 4 is 23.2 Å². The van der Waals surface area contributed by atoms with Crippen LogP contribution in [-0.2, 0) is 6.18 Å². The van der Waals surface area contributed by atoms with E-state index in [0.717, 1.165) is 12.1 Å². The summed E-state index contributed by atoms with van der Waals surface area (Å²) >= 11 is 0. The predicted octanol–water partition coefficient (Wildman–Crippen LogP) is 2.82. The van der Waals surface area contributed by atoms with Crippen LogP contribution in [0.2, 0.25) is 0 Å². The molecule has 0 aliphatic carbocycles. The summed E-state index contributed by atoms with van der Waals surface area (Å²) < 4.78 is 37.8. The number of nitrogens with one attached hydrogen (secondary N) is 2. The number of imidazole rings is 1. The van der Waals surface area contributed by atoms with Crippen molar-refractivity contribution in [3.63, 3.8) is 0 Å². The molecule has 3 aromatic rings. The van der Waals surface area contributed by atoms with Crippen molar-refractivity contribution in [3.05, 3.63) is 48.0 Å². The van der Waals surface area contributed by atoms with E-state index in [1.165, 1.54) is 31.0 Å². The molecule has 0 unspecified atom stereocenters. The first-order valence-corrected chi connectivity index (χ1v) is 6.14. The summed E-state index contributed by atoms with van der Waals surface area (Å²) in [7, 11) is 0. The molecule has 2 N–H and O–H groups in total. The molecular formula is C13H9F3N6. The molecule has 22 heavy (non-hydrogen) atoms. The molecule has 0 aliphatic heterocycles. The third-order valence-electron chi connectivity index (χ3n) is 2.82. The average molecular weight is 306 g/mol. The van der Waals surface area contributed by atoms with Gasteiger partial charge in [-0.3, -0.25) is 5.43 Å². The van der Waals surface area contributed by atoms with Crippen LogP contribution in [0.3, 0.4) is 0 Å². The van der Waals surface area contributed by atoms with Crippen LogP contribution in [0.15, 0.2) is 42.0 Å². The van der Waals surface area contributed by atoms with Crippen LogP contribution < -0.4 is 5.43 Å². The lowest BCUT2D eigenvalue weighted by Gasteiger charge is -2.06. The second-order valence-corrected chi connectivity index (χ2v) is 4.32. The van der Waals surface area contributed by atoms with Gasteiger partial charge in [0, 0.05) is 0 Å². The van der Waals surface area contributed by atoms with Gasteiger partial charge in [0.15, 0.2) is 11.5 Å². The molecule has 0 saturated heterocycles. The number of fused-ring (bicyclic) bond motifs is 1. The number of rotatable bonds is 3. The van der Waals surface area contributed by atoms with Crippen LogP contribution >= 0.6 is 0 Å². The Balaban J connectivity index is 1.79. The maximum atomic E-state index is 12.6. The number of aromatic nitrogens is 4. The molecule has 0 amide bonds. The van der Waals surface area contributed by atoms with Gasteiger partial charge in [-0.2, -0.15) is 18.3 Å². The third-order valence-corrected chi connectivity index (χ3v) is 2.82. The van der Waals surface area contributed by atoms with Gasteiger partial charge >= 0.3 is 6.18 Å². The highest BCUT2D eigenvalue weighted by Crippen LogP contribution is 2.29. The number of hydrazone groups is 1. The lowest BCUT2D eigenvalue weighted by Crippen LogP contribution is -2.05. The zero-order chi connectivity index (χ0) is 15.6. The third kappa shape index (κ3) is 2.87. The fraction of sp³-hybridized carbons (Fsp3) is 0.0769. The van der Waals surface area contributed by atoms with Gasteiger partial charge in [0.1, 0.15) is 11.8 Å². The standard InChI is InChI=1S/C13H9F3N6/c14-13(15,16)9-3-1-2-8(4-9)5-21-22-12-10-11(18-6-17-10)19-7-20-12/h1-7H,(H2,17,18,19,20,22). The molecular weight excluding hydrogens is 297 g/mol. The molecule has 6 nitrogen and oxygen atoms in total. The first-order chi connectivity index (χ1) is 10.5. The van der Waals surface area contributed by atoms with Gasteiger partial charge in [0.2, 0.25) is 0 Å². The molecule has 0 aliphatic rings. The van der Waals surface area contributed by atoms with Gasteiger partial charge in [-0.15, -0.1) is 0 Å². The molecule has 0 fully saturated rings. The van der Waals surface area contributed by atoms with Crippen LogP contribution in [0.4, 0.5) is 19.0 Å². The molecule has 0 saturated carbocycles. The number of hydrogen-bond acceptors (Lipinski definition) is 5. The van der Waals surface area contributed by atoms with E-state index in [1.807, 2.05) is 0 Å². The minimum atomic E-state index is -4.38. The maximum Gasteiger partial charge on any atom is 0.416 e. The van der Waals surface area contributed by atoms with E-state index in [4.69, 9.17) is 0 Å². The Labute approximate surface area is 122 Å². The van der Waals surface area contributed by atoms with Crippen molar-refractivity contribution in [2.24, 2.45) is 5.10 Å². The quantitative estimate of drug-likeness (QED) is 0.576. The minimum absolute atomic E-state index is 0.317. The van der Waals surface area contributed by atoms with Crippen molar-refractivity contribution in [1.29, 1.82) is 0 Å². The zero-order valence-corrected chi connectivity index (χ0v) is 11.0. The molecule has 0 bridgehead atoms. The molecule has 0 spiro atoms. The molecule has 112 valence electrons.